The molecule has 1 fully saturated rings. The second kappa shape index (κ2) is 4.70. The van der Waals surface area contributed by atoms with E-state index in [1.54, 1.807) is 0 Å². The molecule has 1 nitrogen and oxygen atoms in total. The molecule has 0 atom stereocenters. The van der Waals surface area contributed by atoms with Gasteiger partial charge in [-0.25, -0.2) is 0 Å². The van der Waals surface area contributed by atoms with Gasteiger partial charge in [0.15, 0.2) is 0 Å². The van der Waals surface area contributed by atoms with Crippen molar-refractivity contribution >= 4 is 0 Å². The Morgan fingerprint density at radius 1 is 1.17 bits per heavy atom. The van der Waals surface area contributed by atoms with Gasteiger partial charge in [-0.15, -0.1) is 0 Å². The molecule has 0 unspecified atom stereocenters. The minimum atomic E-state index is -0.431. The van der Waals surface area contributed by atoms with Crippen LogP contribution >= 0.6 is 0 Å². The third-order valence-electron chi connectivity index (χ3n) is 4.90. The molecule has 0 heterocycles. The van der Waals surface area contributed by atoms with Crippen LogP contribution in [-0.4, -0.2) is 10.7 Å². The fourth-order valence-electron chi connectivity index (χ4n) is 3.59. The number of hydrogen-bond acceptors (Lipinski definition) is 1. The summed E-state index contributed by atoms with van der Waals surface area (Å²) in [5.74, 6) is 0.797. The lowest BCUT2D eigenvalue weighted by molar-refractivity contribution is -0.00668. The summed E-state index contributed by atoms with van der Waals surface area (Å²) in [4.78, 5) is 0. The van der Waals surface area contributed by atoms with E-state index in [4.69, 9.17) is 0 Å². The Bertz CT molecular complexity index is 427. The molecule has 0 spiro atoms. The van der Waals surface area contributed by atoms with E-state index in [2.05, 4.69) is 25.1 Å². The van der Waals surface area contributed by atoms with Crippen molar-refractivity contribution in [3.05, 3.63) is 34.9 Å². The Balaban J connectivity index is 1.72. The van der Waals surface area contributed by atoms with Crippen LogP contribution in [0.5, 0.6) is 0 Å². The molecule has 0 aromatic heterocycles. The first kappa shape index (κ1) is 12.2. The number of aryl methyl sites for hydroxylation is 2. The standard InChI is InChI=1S/C17H24O/c1-13-7-9-17(18,10-8-13)12-14-5-6-15-3-2-4-16(15)11-14/h5-6,11,13,18H,2-4,7-10,12H2,1H3. The second-order valence-electron chi connectivity index (χ2n) is 6.54. The Kier molecular flexibility index (Phi) is 3.19. The van der Waals surface area contributed by atoms with Crippen molar-refractivity contribution in [3.63, 3.8) is 0 Å². The Hall–Kier alpha value is -0.820. The predicted molar refractivity (Wildman–Crippen MR) is 74.8 cm³/mol. The van der Waals surface area contributed by atoms with Crippen LogP contribution in [0.2, 0.25) is 0 Å². The lowest BCUT2D eigenvalue weighted by Gasteiger charge is -2.35. The highest BCUT2D eigenvalue weighted by Gasteiger charge is 2.32. The molecule has 0 bridgehead atoms. The summed E-state index contributed by atoms with van der Waals surface area (Å²) in [6.45, 7) is 2.30. The van der Waals surface area contributed by atoms with Crippen molar-refractivity contribution in [1.82, 2.24) is 0 Å². The van der Waals surface area contributed by atoms with Crippen molar-refractivity contribution in [2.75, 3.05) is 0 Å². The topological polar surface area (TPSA) is 20.2 Å². The van der Waals surface area contributed by atoms with Crippen LogP contribution in [0.4, 0.5) is 0 Å². The van der Waals surface area contributed by atoms with E-state index in [-0.39, 0.29) is 0 Å². The van der Waals surface area contributed by atoms with E-state index in [0.717, 1.165) is 25.2 Å². The first-order valence-corrected chi connectivity index (χ1v) is 7.48. The van der Waals surface area contributed by atoms with Gasteiger partial charge in [0.25, 0.3) is 0 Å². The van der Waals surface area contributed by atoms with Gasteiger partial charge < -0.3 is 5.11 Å². The van der Waals surface area contributed by atoms with Crippen molar-refractivity contribution in [2.24, 2.45) is 5.92 Å². The molecule has 2 aliphatic rings. The minimum absolute atomic E-state index is 0.431. The van der Waals surface area contributed by atoms with Gasteiger partial charge in [0.1, 0.15) is 0 Å². The fourth-order valence-corrected chi connectivity index (χ4v) is 3.59. The smallest absolute Gasteiger partial charge is 0.0688 e. The van der Waals surface area contributed by atoms with Crippen LogP contribution in [0, 0.1) is 5.92 Å². The average molecular weight is 244 g/mol. The van der Waals surface area contributed by atoms with Gasteiger partial charge in [-0.1, -0.05) is 25.1 Å². The summed E-state index contributed by atoms with van der Waals surface area (Å²) in [5, 5.41) is 10.7. The van der Waals surface area contributed by atoms with Crippen molar-refractivity contribution in [2.45, 2.75) is 63.9 Å². The summed E-state index contributed by atoms with van der Waals surface area (Å²) in [7, 11) is 0. The van der Waals surface area contributed by atoms with Crippen LogP contribution in [-0.2, 0) is 19.3 Å². The first-order valence-electron chi connectivity index (χ1n) is 7.48. The maximum Gasteiger partial charge on any atom is 0.0688 e. The number of hydrogen-bond donors (Lipinski definition) is 1. The number of fused-ring (bicyclic) bond motifs is 1. The molecule has 1 saturated carbocycles. The Labute approximate surface area is 110 Å². The fraction of sp³-hybridized carbons (Fsp3) is 0.647. The molecule has 1 N–H and O–H groups in total. The highest BCUT2D eigenvalue weighted by atomic mass is 16.3. The summed E-state index contributed by atoms with van der Waals surface area (Å²) in [6, 6.07) is 6.87. The molecule has 0 aliphatic heterocycles. The van der Waals surface area contributed by atoms with Crippen LogP contribution < -0.4 is 0 Å². The summed E-state index contributed by atoms with van der Waals surface area (Å²) >= 11 is 0. The Morgan fingerprint density at radius 3 is 2.67 bits per heavy atom. The van der Waals surface area contributed by atoms with Gasteiger partial charge in [0.05, 0.1) is 5.60 Å². The Morgan fingerprint density at radius 2 is 1.89 bits per heavy atom. The van der Waals surface area contributed by atoms with E-state index in [1.165, 1.54) is 48.8 Å². The SMILES string of the molecule is CC1CCC(O)(Cc2ccc3c(c2)CCC3)CC1. The van der Waals surface area contributed by atoms with Gasteiger partial charge in [-0.05, 0) is 67.6 Å². The predicted octanol–water partition coefficient (Wildman–Crippen LogP) is 3.66. The van der Waals surface area contributed by atoms with Gasteiger partial charge in [-0.2, -0.15) is 0 Å². The van der Waals surface area contributed by atoms with Gasteiger partial charge in [0.2, 0.25) is 0 Å². The zero-order valence-corrected chi connectivity index (χ0v) is 11.4. The van der Waals surface area contributed by atoms with E-state index < -0.39 is 5.60 Å². The number of benzene rings is 1. The number of aliphatic hydroxyl groups is 1. The van der Waals surface area contributed by atoms with Crippen LogP contribution in [0.1, 0.15) is 55.7 Å². The third-order valence-corrected chi connectivity index (χ3v) is 4.90. The zero-order chi connectivity index (χ0) is 12.6. The first-order chi connectivity index (χ1) is 8.65. The second-order valence-corrected chi connectivity index (χ2v) is 6.54. The van der Waals surface area contributed by atoms with Crippen molar-refractivity contribution < 1.29 is 5.11 Å². The number of rotatable bonds is 2. The largest absolute Gasteiger partial charge is 0.390 e. The zero-order valence-electron chi connectivity index (χ0n) is 11.4. The summed E-state index contributed by atoms with van der Waals surface area (Å²) in [6.07, 6.45) is 8.96. The molecule has 1 aromatic rings. The molecule has 98 valence electrons. The van der Waals surface area contributed by atoms with Crippen LogP contribution in [0.25, 0.3) is 0 Å². The maximum absolute atomic E-state index is 10.7. The highest BCUT2D eigenvalue weighted by Crippen LogP contribution is 2.35. The monoisotopic (exact) mass is 244 g/mol. The van der Waals surface area contributed by atoms with Gasteiger partial charge in [0, 0.05) is 6.42 Å². The molecule has 1 heteroatoms. The quantitative estimate of drug-likeness (QED) is 0.841. The summed E-state index contributed by atoms with van der Waals surface area (Å²) < 4.78 is 0. The maximum atomic E-state index is 10.7. The van der Waals surface area contributed by atoms with E-state index in [0.29, 0.717) is 0 Å². The normalized spacial score (nSPS) is 31.3. The van der Waals surface area contributed by atoms with E-state index >= 15 is 0 Å². The van der Waals surface area contributed by atoms with Crippen LogP contribution in [0.15, 0.2) is 18.2 Å². The average Bonchev–Trinajstić information content (AvgIpc) is 2.81. The lowest BCUT2D eigenvalue weighted by Crippen LogP contribution is -2.35. The molecule has 1 aromatic carbocycles. The van der Waals surface area contributed by atoms with Gasteiger partial charge >= 0.3 is 0 Å². The molecular formula is C17H24O. The van der Waals surface area contributed by atoms with E-state index in [1.807, 2.05) is 0 Å². The van der Waals surface area contributed by atoms with Crippen LogP contribution in [0.3, 0.4) is 0 Å². The third kappa shape index (κ3) is 2.47. The highest BCUT2D eigenvalue weighted by molar-refractivity contribution is 5.35. The van der Waals surface area contributed by atoms with Crippen molar-refractivity contribution in [3.8, 4) is 0 Å². The van der Waals surface area contributed by atoms with Crippen molar-refractivity contribution in [1.29, 1.82) is 0 Å². The molecule has 0 saturated heterocycles. The molecule has 0 amide bonds. The van der Waals surface area contributed by atoms with E-state index in [9.17, 15) is 5.11 Å². The molecule has 3 rings (SSSR count). The molecular weight excluding hydrogens is 220 g/mol. The molecule has 0 radical (unpaired) electrons. The molecule has 18 heavy (non-hydrogen) atoms. The molecule has 2 aliphatic carbocycles. The minimum Gasteiger partial charge on any atom is -0.390 e. The van der Waals surface area contributed by atoms with Gasteiger partial charge in [-0.3, -0.25) is 0 Å². The lowest BCUT2D eigenvalue weighted by atomic mass is 9.76. The summed E-state index contributed by atoms with van der Waals surface area (Å²) in [5.41, 5.74) is 3.97.